The van der Waals surface area contributed by atoms with Crippen LogP contribution < -0.4 is 14.4 Å². The summed E-state index contributed by atoms with van der Waals surface area (Å²) in [5.74, 6) is 1.02. The number of carbonyl (C=O) groups is 1. The fourth-order valence-corrected chi connectivity index (χ4v) is 2.55. The summed E-state index contributed by atoms with van der Waals surface area (Å²) in [7, 11) is 3.12. The number of benzene rings is 1. The Labute approximate surface area is 142 Å². The number of amides is 1. The number of rotatable bonds is 8. The number of nitriles is 1. The van der Waals surface area contributed by atoms with Crippen LogP contribution in [0.3, 0.4) is 0 Å². The first-order valence-corrected chi connectivity index (χ1v) is 7.92. The molecule has 0 radical (unpaired) electrons. The lowest BCUT2D eigenvalue weighted by Gasteiger charge is -2.26. The fraction of sp³-hybridized carbons (Fsp3) is 0.529. The van der Waals surface area contributed by atoms with Crippen molar-refractivity contribution in [2.75, 3.05) is 58.5 Å². The average molecular weight is 333 g/mol. The Kier molecular flexibility index (Phi) is 6.85. The Hall–Kier alpha value is -2.30. The number of methoxy groups -OCH3 is 1. The summed E-state index contributed by atoms with van der Waals surface area (Å²) in [5.41, 5.74) is 0.860. The van der Waals surface area contributed by atoms with E-state index < -0.39 is 0 Å². The zero-order chi connectivity index (χ0) is 17.4. The molecule has 1 aromatic rings. The number of hydrogen-bond donors (Lipinski definition) is 0. The topological polar surface area (TPSA) is 75.0 Å². The van der Waals surface area contributed by atoms with Gasteiger partial charge in [0.15, 0.2) is 11.5 Å². The molecule has 0 saturated carbocycles. The molecular formula is C17H23N3O4. The second kappa shape index (κ2) is 9.11. The largest absolute Gasteiger partial charge is 0.493 e. The van der Waals surface area contributed by atoms with Crippen molar-refractivity contribution >= 4 is 12.1 Å². The van der Waals surface area contributed by atoms with Gasteiger partial charge in [0.2, 0.25) is 6.41 Å². The highest BCUT2D eigenvalue weighted by atomic mass is 16.5. The predicted molar refractivity (Wildman–Crippen MR) is 89.5 cm³/mol. The van der Waals surface area contributed by atoms with Gasteiger partial charge in [0.1, 0.15) is 6.07 Å². The van der Waals surface area contributed by atoms with Crippen molar-refractivity contribution in [2.24, 2.45) is 0 Å². The van der Waals surface area contributed by atoms with E-state index in [0.29, 0.717) is 35.8 Å². The normalized spacial score (nSPS) is 14.7. The monoisotopic (exact) mass is 333 g/mol. The van der Waals surface area contributed by atoms with Crippen LogP contribution >= 0.6 is 0 Å². The zero-order valence-corrected chi connectivity index (χ0v) is 14.2. The molecule has 1 heterocycles. The maximum absolute atomic E-state index is 11.0. The SMILES string of the molecule is COc1cc(N(C)C=O)c(C#N)cc1OCCCN1CCOCC1. The molecular weight excluding hydrogens is 310 g/mol. The molecule has 7 heteroatoms. The average Bonchev–Trinajstić information content (AvgIpc) is 2.64. The lowest BCUT2D eigenvalue weighted by Crippen LogP contribution is -2.37. The van der Waals surface area contributed by atoms with Crippen molar-refractivity contribution in [3.05, 3.63) is 17.7 Å². The Morgan fingerprint density at radius 2 is 2.12 bits per heavy atom. The van der Waals surface area contributed by atoms with Crippen LogP contribution in [-0.4, -0.2) is 64.9 Å². The summed E-state index contributed by atoms with van der Waals surface area (Å²) in [6.07, 6.45) is 1.53. The van der Waals surface area contributed by atoms with E-state index >= 15 is 0 Å². The van der Waals surface area contributed by atoms with E-state index in [2.05, 4.69) is 11.0 Å². The number of hydrogen-bond acceptors (Lipinski definition) is 6. The zero-order valence-electron chi connectivity index (χ0n) is 14.2. The molecule has 0 unspecified atom stereocenters. The van der Waals surface area contributed by atoms with Crippen LogP contribution in [0.2, 0.25) is 0 Å². The van der Waals surface area contributed by atoms with Gasteiger partial charge < -0.3 is 19.1 Å². The van der Waals surface area contributed by atoms with Gasteiger partial charge >= 0.3 is 0 Å². The third kappa shape index (κ3) is 4.60. The van der Waals surface area contributed by atoms with Crippen LogP contribution in [0.1, 0.15) is 12.0 Å². The van der Waals surface area contributed by atoms with Crippen LogP contribution in [0.25, 0.3) is 0 Å². The molecule has 0 N–H and O–H groups in total. The maximum atomic E-state index is 11.0. The molecule has 2 rings (SSSR count). The first-order chi connectivity index (χ1) is 11.7. The van der Waals surface area contributed by atoms with Crippen molar-refractivity contribution in [3.63, 3.8) is 0 Å². The number of anilines is 1. The summed E-state index contributed by atoms with van der Waals surface area (Å²) < 4.78 is 16.4. The highest BCUT2D eigenvalue weighted by Crippen LogP contribution is 2.34. The van der Waals surface area contributed by atoms with Crippen molar-refractivity contribution < 1.29 is 19.0 Å². The van der Waals surface area contributed by atoms with Gasteiger partial charge in [-0.3, -0.25) is 9.69 Å². The van der Waals surface area contributed by atoms with E-state index in [4.69, 9.17) is 14.2 Å². The van der Waals surface area contributed by atoms with E-state index in [1.165, 1.54) is 12.0 Å². The summed E-state index contributed by atoms with van der Waals surface area (Å²) in [5, 5.41) is 9.29. The molecule has 0 spiro atoms. The number of carbonyl (C=O) groups excluding carboxylic acids is 1. The van der Waals surface area contributed by atoms with Crippen LogP contribution in [0.5, 0.6) is 11.5 Å². The third-order valence-corrected chi connectivity index (χ3v) is 3.92. The van der Waals surface area contributed by atoms with Crippen molar-refractivity contribution in [3.8, 4) is 17.6 Å². The minimum Gasteiger partial charge on any atom is -0.493 e. The molecule has 130 valence electrons. The molecule has 1 amide bonds. The van der Waals surface area contributed by atoms with Gasteiger partial charge in [-0.1, -0.05) is 0 Å². The minimum atomic E-state index is 0.369. The van der Waals surface area contributed by atoms with Gasteiger partial charge in [-0.15, -0.1) is 0 Å². The summed E-state index contributed by atoms with van der Waals surface area (Å²) in [4.78, 5) is 14.6. The Bertz CT molecular complexity index is 594. The van der Waals surface area contributed by atoms with E-state index in [1.807, 2.05) is 0 Å². The molecule has 1 saturated heterocycles. The number of morpholine rings is 1. The molecule has 1 aliphatic heterocycles. The quantitative estimate of drug-likeness (QED) is 0.527. The molecule has 1 aromatic carbocycles. The van der Waals surface area contributed by atoms with Gasteiger partial charge in [-0.2, -0.15) is 5.26 Å². The third-order valence-electron chi connectivity index (χ3n) is 3.92. The van der Waals surface area contributed by atoms with Crippen LogP contribution in [0.4, 0.5) is 5.69 Å². The minimum absolute atomic E-state index is 0.369. The molecule has 0 aromatic heterocycles. The second-order valence-corrected chi connectivity index (χ2v) is 5.50. The lowest BCUT2D eigenvalue weighted by molar-refractivity contribution is -0.107. The number of ether oxygens (including phenoxy) is 3. The van der Waals surface area contributed by atoms with Crippen molar-refractivity contribution in [1.29, 1.82) is 5.26 Å². The fourth-order valence-electron chi connectivity index (χ4n) is 2.55. The van der Waals surface area contributed by atoms with Gasteiger partial charge in [0.05, 0.1) is 38.2 Å². The van der Waals surface area contributed by atoms with E-state index in [-0.39, 0.29) is 0 Å². The van der Waals surface area contributed by atoms with E-state index in [0.717, 1.165) is 39.3 Å². The Balaban J connectivity index is 1.98. The first kappa shape index (κ1) is 18.0. The first-order valence-electron chi connectivity index (χ1n) is 7.92. The Morgan fingerprint density at radius 3 is 2.75 bits per heavy atom. The molecule has 0 atom stereocenters. The summed E-state index contributed by atoms with van der Waals surface area (Å²) in [6, 6.07) is 5.34. The van der Waals surface area contributed by atoms with Gasteiger partial charge in [-0.05, 0) is 6.42 Å². The highest BCUT2D eigenvalue weighted by Gasteiger charge is 2.15. The molecule has 1 fully saturated rings. The summed E-state index contributed by atoms with van der Waals surface area (Å²) >= 11 is 0. The molecule has 0 bridgehead atoms. The lowest BCUT2D eigenvalue weighted by atomic mass is 10.1. The Morgan fingerprint density at radius 1 is 1.38 bits per heavy atom. The smallest absolute Gasteiger partial charge is 0.213 e. The molecule has 7 nitrogen and oxygen atoms in total. The van der Waals surface area contributed by atoms with Gasteiger partial charge in [-0.25, -0.2) is 0 Å². The van der Waals surface area contributed by atoms with E-state index in [1.54, 1.807) is 19.2 Å². The van der Waals surface area contributed by atoms with Crippen LogP contribution in [-0.2, 0) is 9.53 Å². The van der Waals surface area contributed by atoms with Gasteiger partial charge in [0.25, 0.3) is 0 Å². The van der Waals surface area contributed by atoms with Crippen molar-refractivity contribution in [1.82, 2.24) is 4.90 Å². The molecule has 1 aliphatic rings. The maximum Gasteiger partial charge on any atom is 0.213 e. The molecule has 0 aliphatic carbocycles. The summed E-state index contributed by atoms with van der Waals surface area (Å²) in [6.45, 7) is 4.95. The van der Waals surface area contributed by atoms with Crippen LogP contribution in [0, 0.1) is 11.3 Å². The molecule has 24 heavy (non-hydrogen) atoms. The standard InChI is InChI=1S/C17H23N3O4/c1-19(13-21)15-11-16(22-2)17(10-14(15)12-18)24-7-3-4-20-5-8-23-9-6-20/h10-11,13H,3-9H2,1-2H3. The number of nitrogens with zero attached hydrogens (tertiary/aromatic N) is 3. The van der Waals surface area contributed by atoms with E-state index in [9.17, 15) is 10.1 Å². The van der Waals surface area contributed by atoms with Crippen molar-refractivity contribution in [2.45, 2.75) is 6.42 Å². The predicted octanol–water partition coefficient (Wildman–Crippen LogP) is 1.26. The highest BCUT2D eigenvalue weighted by molar-refractivity contribution is 5.79. The van der Waals surface area contributed by atoms with Crippen LogP contribution in [0.15, 0.2) is 12.1 Å². The van der Waals surface area contributed by atoms with Gasteiger partial charge in [0, 0.05) is 38.8 Å². The second-order valence-electron chi connectivity index (χ2n) is 5.50.